The Kier molecular flexibility index (Phi) is 4.92. The van der Waals surface area contributed by atoms with Gasteiger partial charge in [0.1, 0.15) is 6.04 Å². The van der Waals surface area contributed by atoms with Crippen LogP contribution in [-0.4, -0.2) is 50.0 Å². The number of hydrogen-bond acceptors (Lipinski definition) is 5. The van der Waals surface area contributed by atoms with Gasteiger partial charge in [-0.25, -0.2) is 0 Å². The van der Waals surface area contributed by atoms with Gasteiger partial charge in [-0.1, -0.05) is 12.1 Å². The van der Waals surface area contributed by atoms with Crippen molar-refractivity contribution in [2.45, 2.75) is 38.1 Å². The Balaban J connectivity index is 1.38. The Labute approximate surface area is 168 Å². The predicted molar refractivity (Wildman–Crippen MR) is 96.0 cm³/mol. The van der Waals surface area contributed by atoms with E-state index in [-0.39, 0.29) is 44.2 Å². The third-order valence-corrected chi connectivity index (χ3v) is 5.06. The molecule has 1 atom stereocenters. The number of nitrogens with zero attached hydrogens (tertiary/aromatic N) is 4. The zero-order valence-electron chi connectivity index (χ0n) is 15.6. The highest BCUT2D eigenvalue weighted by atomic mass is 19.4. The van der Waals surface area contributed by atoms with Crippen LogP contribution in [0.2, 0.25) is 0 Å². The minimum absolute atomic E-state index is 0.0536. The fourth-order valence-electron chi connectivity index (χ4n) is 3.52. The summed E-state index contributed by atoms with van der Waals surface area (Å²) in [5.41, 5.74) is 0.722. The Morgan fingerprint density at radius 1 is 1.17 bits per heavy atom. The Morgan fingerprint density at radius 3 is 2.70 bits per heavy atom. The summed E-state index contributed by atoms with van der Waals surface area (Å²) in [4.78, 5) is 38.6. The molecule has 0 bridgehead atoms. The molecule has 2 aliphatic heterocycles. The number of aromatic nitrogens is 3. The van der Waals surface area contributed by atoms with Gasteiger partial charge in [0.2, 0.25) is 17.6 Å². The number of halogens is 3. The quantitative estimate of drug-likeness (QED) is 0.772. The van der Waals surface area contributed by atoms with E-state index in [2.05, 4.69) is 20.8 Å². The van der Waals surface area contributed by atoms with Crippen molar-refractivity contribution in [2.24, 2.45) is 0 Å². The molecule has 0 aliphatic carbocycles. The molecular weight excluding hydrogens is 405 g/mol. The third kappa shape index (κ3) is 3.72. The Hall–Kier alpha value is -3.44. The zero-order chi connectivity index (χ0) is 21.5. The molecule has 0 saturated heterocycles. The summed E-state index contributed by atoms with van der Waals surface area (Å²) < 4.78 is 39.7. The molecule has 3 amide bonds. The molecule has 1 aromatic heterocycles. The second kappa shape index (κ2) is 7.43. The van der Waals surface area contributed by atoms with Crippen molar-refractivity contribution < 1.29 is 27.6 Å². The second-order valence-electron chi connectivity index (χ2n) is 7.00. The zero-order valence-corrected chi connectivity index (χ0v) is 15.6. The maximum atomic E-state index is 12.9. The molecule has 0 unspecified atom stereocenters. The van der Waals surface area contributed by atoms with Crippen LogP contribution in [0.15, 0.2) is 24.3 Å². The van der Waals surface area contributed by atoms with Crippen LogP contribution < -0.4 is 10.6 Å². The number of benzene rings is 1. The minimum Gasteiger partial charge on any atom is -0.340 e. The van der Waals surface area contributed by atoms with Gasteiger partial charge in [-0.3, -0.25) is 14.4 Å². The molecule has 2 aliphatic rings. The predicted octanol–water partition coefficient (Wildman–Crippen LogP) is 1.17. The smallest absolute Gasteiger partial charge is 0.340 e. The largest absolute Gasteiger partial charge is 0.451 e. The molecular formula is C18H17F3N6O3. The van der Waals surface area contributed by atoms with Crippen LogP contribution >= 0.6 is 0 Å². The highest BCUT2D eigenvalue weighted by Gasteiger charge is 2.40. The minimum atomic E-state index is -4.61. The van der Waals surface area contributed by atoms with Crippen molar-refractivity contribution in [3.05, 3.63) is 41.5 Å². The van der Waals surface area contributed by atoms with Gasteiger partial charge in [-0.15, -0.1) is 10.2 Å². The molecule has 0 fully saturated rings. The number of fused-ring (bicyclic) bond motifs is 2. The van der Waals surface area contributed by atoms with E-state index >= 15 is 0 Å². The van der Waals surface area contributed by atoms with Crippen molar-refractivity contribution in [3.63, 3.8) is 0 Å². The lowest BCUT2D eigenvalue weighted by Gasteiger charge is -2.28. The first-order valence-corrected chi connectivity index (χ1v) is 9.22. The Bertz CT molecular complexity index is 1020. The average molecular weight is 422 g/mol. The summed E-state index contributed by atoms with van der Waals surface area (Å²) in [6.07, 6.45) is -4.61. The number of nitrogens with one attached hydrogen (secondary N) is 2. The number of rotatable bonds is 3. The maximum Gasteiger partial charge on any atom is 0.451 e. The molecule has 0 spiro atoms. The number of carbonyl (C=O) groups is 3. The molecule has 0 radical (unpaired) electrons. The molecule has 158 valence electrons. The summed E-state index contributed by atoms with van der Waals surface area (Å²) >= 11 is 0. The van der Waals surface area contributed by atoms with E-state index in [9.17, 15) is 27.6 Å². The van der Waals surface area contributed by atoms with Crippen LogP contribution in [-0.2, 0) is 28.9 Å². The van der Waals surface area contributed by atoms with Crippen molar-refractivity contribution in [1.82, 2.24) is 25.0 Å². The fourth-order valence-corrected chi connectivity index (χ4v) is 3.52. The summed E-state index contributed by atoms with van der Waals surface area (Å²) in [6.45, 7) is -0.100. The fraction of sp³-hybridized carbons (Fsp3) is 0.389. The van der Waals surface area contributed by atoms with Crippen LogP contribution in [0.5, 0.6) is 0 Å². The summed E-state index contributed by atoms with van der Waals surface area (Å²) in [6, 6.07) is 5.65. The van der Waals surface area contributed by atoms with Gasteiger partial charge in [0.05, 0.1) is 17.8 Å². The molecule has 2 N–H and O–H groups in total. The van der Waals surface area contributed by atoms with Crippen molar-refractivity contribution in [3.8, 4) is 0 Å². The van der Waals surface area contributed by atoms with E-state index in [1.54, 1.807) is 24.3 Å². The van der Waals surface area contributed by atoms with Gasteiger partial charge in [0, 0.05) is 19.5 Å². The monoisotopic (exact) mass is 422 g/mol. The molecule has 4 rings (SSSR count). The standard InChI is InChI=1S/C18H17F3N6O3/c19-18(20,21)17-25-24-13-9-26(7-8-27(13)17)14(28)6-5-12-16(30)22-11-4-2-1-3-10(11)15(29)23-12/h1-4,12H,5-9H2,(H,22,30)(H,23,29)/t12-/m0/s1. The first-order valence-electron chi connectivity index (χ1n) is 9.22. The van der Waals surface area contributed by atoms with Crippen LogP contribution in [0.4, 0.5) is 18.9 Å². The molecule has 0 saturated carbocycles. The third-order valence-electron chi connectivity index (χ3n) is 5.06. The average Bonchev–Trinajstić information content (AvgIpc) is 3.09. The van der Waals surface area contributed by atoms with Crippen LogP contribution in [0.25, 0.3) is 0 Å². The molecule has 30 heavy (non-hydrogen) atoms. The molecule has 12 heteroatoms. The van der Waals surface area contributed by atoms with E-state index in [0.717, 1.165) is 4.57 Å². The molecule has 1 aromatic carbocycles. The van der Waals surface area contributed by atoms with E-state index in [4.69, 9.17) is 0 Å². The molecule has 3 heterocycles. The van der Waals surface area contributed by atoms with E-state index in [0.29, 0.717) is 11.3 Å². The number of hydrogen-bond donors (Lipinski definition) is 2. The SMILES string of the molecule is O=C1N[C@@H](CCC(=O)N2CCn3c(nnc3C(F)(F)F)C2)C(=O)Nc2ccccc21. The summed E-state index contributed by atoms with van der Waals surface area (Å²) in [5.74, 6) is -2.23. The topological polar surface area (TPSA) is 109 Å². The van der Waals surface area contributed by atoms with Gasteiger partial charge in [-0.05, 0) is 18.6 Å². The lowest BCUT2D eigenvalue weighted by molar-refractivity contribution is -0.148. The normalized spacial score (nSPS) is 18.8. The highest BCUT2D eigenvalue weighted by Crippen LogP contribution is 2.29. The van der Waals surface area contributed by atoms with Crippen molar-refractivity contribution in [2.75, 3.05) is 11.9 Å². The van der Waals surface area contributed by atoms with Gasteiger partial charge in [0.15, 0.2) is 5.82 Å². The van der Waals surface area contributed by atoms with E-state index in [1.807, 2.05) is 0 Å². The van der Waals surface area contributed by atoms with Crippen molar-refractivity contribution in [1.29, 1.82) is 0 Å². The molecule has 2 aromatic rings. The van der Waals surface area contributed by atoms with E-state index in [1.165, 1.54) is 4.90 Å². The number of para-hydroxylation sites is 1. The number of amides is 3. The van der Waals surface area contributed by atoms with Crippen LogP contribution in [0.3, 0.4) is 0 Å². The van der Waals surface area contributed by atoms with Gasteiger partial charge >= 0.3 is 6.18 Å². The van der Waals surface area contributed by atoms with Gasteiger partial charge in [-0.2, -0.15) is 13.2 Å². The lowest BCUT2D eigenvalue weighted by Crippen LogP contribution is -2.43. The molecule has 9 nitrogen and oxygen atoms in total. The van der Waals surface area contributed by atoms with Gasteiger partial charge in [0.25, 0.3) is 5.91 Å². The van der Waals surface area contributed by atoms with Crippen LogP contribution in [0.1, 0.15) is 34.8 Å². The number of carbonyl (C=O) groups excluding carboxylic acids is 3. The highest BCUT2D eigenvalue weighted by molar-refractivity contribution is 6.09. The van der Waals surface area contributed by atoms with Crippen LogP contribution in [0, 0.1) is 0 Å². The maximum absolute atomic E-state index is 12.9. The van der Waals surface area contributed by atoms with Crippen molar-refractivity contribution >= 4 is 23.4 Å². The summed E-state index contributed by atoms with van der Waals surface area (Å²) in [7, 11) is 0. The first kappa shape index (κ1) is 19.9. The lowest BCUT2D eigenvalue weighted by atomic mass is 10.1. The van der Waals surface area contributed by atoms with E-state index < -0.39 is 29.9 Å². The van der Waals surface area contributed by atoms with Gasteiger partial charge < -0.3 is 20.1 Å². The Morgan fingerprint density at radius 2 is 1.93 bits per heavy atom. The summed E-state index contributed by atoms with van der Waals surface area (Å²) in [5, 5.41) is 12.0. The number of alkyl halides is 3. The first-order chi connectivity index (χ1) is 14.2. The second-order valence-corrected chi connectivity index (χ2v) is 7.00. The number of anilines is 1.